The molecule has 1 unspecified atom stereocenters. The van der Waals surface area contributed by atoms with Gasteiger partial charge in [-0.05, 0) is 100 Å². The van der Waals surface area contributed by atoms with Crippen LogP contribution in [0.1, 0.15) is 72.1 Å². The van der Waals surface area contributed by atoms with E-state index in [9.17, 15) is 9.90 Å². The zero-order valence-electron chi connectivity index (χ0n) is 15.6. The van der Waals surface area contributed by atoms with Gasteiger partial charge in [0, 0.05) is 12.0 Å². The molecule has 0 aromatic carbocycles. The van der Waals surface area contributed by atoms with Crippen molar-refractivity contribution in [1.29, 1.82) is 0 Å². The Labute approximate surface area is 146 Å². The average molecular weight is 334 g/mol. The lowest BCUT2D eigenvalue weighted by Crippen LogP contribution is -2.53. The standard InChI is InChI=1S/C21H35NO2/c1-12(23)17-10-18(22)19-16-5-4-13-11-20(2,24)8-6-14(13)15(16)7-9-21(17,19)3/h13-19,24H,4-11,22H2,1-3H3/t13-,14+,15-,16-,17-,18?,19-,20-,21-/m1/s1. The molecule has 0 aromatic heterocycles. The third-order valence-corrected chi connectivity index (χ3v) is 8.79. The maximum absolute atomic E-state index is 12.2. The van der Waals surface area contributed by atoms with Crippen molar-refractivity contribution < 1.29 is 9.90 Å². The third kappa shape index (κ3) is 2.41. The minimum atomic E-state index is -0.444. The molecule has 4 aliphatic carbocycles. The fourth-order valence-electron chi connectivity index (χ4n) is 7.89. The number of aliphatic hydroxyl groups is 1. The fourth-order valence-corrected chi connectivity index (χ4v) is 7.89. The van der Waals surface area contributed by atoms with Crippen molar-refractivity contribution in [2.24, 2.45) is 46.7 Å². The molecule has 3 heteroatoms. The first kappa shape index (κ1) is 17.0. The van der Waals surface area contributed by atoms with Crippen LogP contribution in [-0.4, -0.2) is 22.5 Å². The minimum absolute atomic E-state index is 0.138. The predicted molar refractivity (Wildman–Crippen MR) is 95.3 cm³/mol. The molecule has 136 valence electrons. The van der Waals surface area contributed by atoms with E-state index in [-0.39, 0.29) is 17.4 Å². The van der Waals surface area contributed by atoms with Crippen LogP contribution in [0.15, 0.2) is 0 Å². The van der Waals surface area contributed by atoms with Crippen molar-refractivity contribution in [1.82, 2.24) is 0 Å². The van der Waals surface area contributed by atoms with E-state index in [2.05, 4.69) is 6.92 Å². The van der Waals surface area contributed by atoms with Crippen LogP contribution >= 0.6 is 0 Å². The van der Waals surface area contributed by atoms with Gasteiger partial charge in [-0.3, -0.25) is 4.79 Å². The summed E-state index contributed by atoms with van der Waals surface area (Å²) in [5.41, 5.74) is 6.32. The molecule has 3 N–H and O–H groups in total. The maximum atomic E-state index is 12.2. The lowest BCUT2D eigenvalue weighted by atomic mass is 9.48. The number of Topliss-reactive ketones (excluding diaryl/α,β-unsaturated/α-hetero) is 1. The highest BCUT2D eigenvalue weighted by Gasteiger charge is 2.60. The summed E-state index contributed by atoms with van der Waals surface area (Å²) in [5, 5.41) is 10.5. The molecule has 4 fully saturated rings. The van der Waals surface area contributed by atoms with Crippen LogP contribution in [0.3, 0.4) is 0 Å². The first-order valence-electron chi connectivity index (χ1n) is 10.2. The minimum Gasteiger partial charge on any atom is -0.390 e. The van der Waals surface area contributed by atoms with Crippen LogP contribution in [0.4, 0.5) is 0 Å². The van der Waals surface area contributed by atoms with Crippen LogP contribution < -0.4 is 5.73 Å². The van der Waals surface area contributed by atoms with Gasteiger partial charge in [-0.2, -0.15) is 0 Å². The van der Waals surface area contributed by atoms with Crippen molar-refractivity contribution in [3.63, 3.8) is 0 Å². The van der Waals surface area contributed by atoms with E-state index in [1.807, 2.05) is 6.92 Å². The van der Waals surface area contributed by atoms with Crippen LogP contribution in [0.2, 0.25) is 0 Å². The highest BCUT2D eigenvalue weighted by Crippen LogP contribution is 2.64. The Kier molecular flexibility index (Phi) is 3.93. The second kappa shape index (κ2) is 5.54. The van der Waals surface area contributed by atoms with Crippen LogP contribution in [-0.2, 0) is 4.79 Å². The molecular formula is C21H35NO2. The van der Waals surface area contributed by atoms with Gasteiger partial charge in [0.15, 0.2) is 0 Å². The Bertz CT molecular complexity index is 530. The van der Waals surface area contributed by atoms with Gasteiger partial charge in [-0.15, -0.1) is 0 Å². The highest BCUT2D eigenvalue weighted by atomic mass is 16.3. The van der Waals surface area contributed by atoms with Crippen molar-refractivity contribution in [2.45, 2.75) is 83.8 Å². The molecule has 24 heavy (non-hydrogen) atoms. The summed E-state index contributed by atoms with van der Waals surface area (Å²) in [6.45, 7) is 6.17. The van der Waals surface area contributed by atoms with Gasteiger partial charge in [0.05, 0.1) is 5.60 Å². The molecule has 0 amide bonds. The van der Waals surface area contributed by atoms with Crippen LogP contribution in [0, 0.1) is 40.9 Å². The molecule has 0 aliphatic heterocycles. The molecule has 0 aromatic rings. The van der Waals surface area contributed by atoms with Gasteiger partial charge < -0.3 is 10.8 Å². The van der Waals surface area contributed by atoms with Gasteiger partial charge in [-0.25, -0.2) is 0 Å². The van der Waals surface area contributed by atoms with Gasteiger partial charge in [0.2, 0.25) is 0 Å². The van der Waals surface area contributed by atoms with E-state index in [4.69, 9.17) is 5.73 Å². The number of fused-ring (bicyclic) bond motifs is 5. The highest BCUT2D eigenvalue weighted by molar-refractivity contribution is 5.79. The Morgan fingerprint density at radius 3 is 2.46 bits per heavy atom. The topological polar surface area (TPSA) is 63.3 Å². The average Bonchev–Trinajstić information content (AvgIpc) is 2.77. The lowest BCUT2D eigenvalue weighted by molar-refractivity contribution is -0.130. The van der Waals surface area contributed by atoms with Crippen molar-refractivity contribution in [3.05, 3.63) is 0 Å². The smallest absolute Gasteiger partial charge is 0.133 e. The second-order valence-electron chi connectivity index (χ2n) is 10.2. The Balaban J connectivity index is 1.59. The van der Waals surface area contributed by atoms with Crippen LogP contribution in [0.5, 0.6) is 0 Å². The number of hydrogen-bond acceptors (Lipinski definition) is 3. The van der Waals surface area contributed by atoms with Crippen molar-refractivity contribution in [2.75, 3.05) is 0 Å². The zero-order valence-corrected chi connectivity index (χ0v) is 15.6. The quantitative estimate of drug-likeness (QED) is 0.771. The van der Waals surface area contributed by atoms with E-state index in [0.29, 0.717) is 23.5 Å². The summed E-state index contributed by atoms with van der Waals surface area (Å²) < 4.78 is 0. The molecule has 0 heterocycles. The number of rotatable bonds is 1. The number of hydrogen-bond donors (Lipinski definition) is 2. The molecule has 0 radical (unpaired) electrons. The normalized spacial score (nSPS) is 57.0. The fraction of sp³-hybridized carbons (Fsp3) is 0.952. The van der Waals surface area contributed by atoms with Crippen molar-refractivity contribution >= 4 is 5.78 Å². The molecule has 9 atom stereocenters. The lowest BCUT2D eigenvalue weighted by Gasteiger charge is -2.57. The Hall–Kier alpha value is -0.410. The summed E-state index contributed by atoms with van der Waals surface area (Å²) in [5.74, 6) is 4.08. The monoisotopic (exact) mass is 333 g/mol. The van der Waals surface area contributed by atoms with Crippen molar-refractivity contribution in [3.8, 4) is 0 Å². The third-order valence-electron chi connectivity index (χ3n) is 8.79. The summed E-state index contributed by atoms with van der Waals surface area (Å²) in [4.78, 5) is 12.2. The Morgan fingerprint density at radius 2 is 1.75 bits per heavy atom. The predicted octanol–water partition coefficient (Wildman–Crippen LogP) is 3.53. The van der Waals surface area contributed by atoms with Gasteiger partial charge in [0.25, 0.3) is 0 Å². The first-order valence-corrected chi connectivity index (χ1v) is 10.2. The molecular weight excluding hydrogens is 298 g/mol. The number of carbonyl (C=O) groups excluding carboxylic acids is 1. The van der Waals surface area contributed by atoms with E-state index >= 15 is 0 Å². The number of ketones is 1. The molecule has 4 aliphatic rings. The Morgan fingerprint density at radius 1 is 1.04 bits per heavy atom. The first-order chi connectivity index (χ1) is 11.2. The molecule has 3 nitrogen and oxygen atoms in total. The summed E-state index contributed by atoms with van der Waals surface area (Å²) in [7, 11) is 0. The molecule has 0 bridgehead atoms. The second-order valence-corrected chi connectivity index (χ2v) is 10.2. The van der Waals surface area contributed by atoms with Gasteiger partial charge in [0.1, 0.15) is 5.78 Å². The van der Waals surface area contributed by atoms with Gasteiger partial charge in [-0.1, -0.05) is 6.92 Å². The SMILES string of the molecule is CC(=O)[C@H]1CC(N)[C@H]2[C@@H]3CC[C@@H]4C[C@](C)(O)CC[C@@H]4[C@H]3CC[C@]12C. The van der Waals surface area contributed by atoms with E-state index in [0.717, 1.165) is 31.1 Å². The molecule has 4 rings (SSSR count). The largest absolute Gasteiger partial charge is 0.390 e. The number of nitrogens with two attached hydrogens (primary N) is 1. The summed E-state index contributed by atoms with van der Waals surface area (Å²) in [6.07, 6.45) is 9.02. The summed E-state index contributed by atoms with van der Waals surface area (Å²) in [6, 6.07) is 0.208. The molecule has 4 saturated carbocycles. The van der Waals surface area contributed by atoms with E-state index in [1.54, 1.807) is 6.92 Å². The van der Waals surface area contributed by atoms with Crippen LogP contribution in [0.25, 0.3) is 0 Å². The van der Waals surface area contributed by atoms with Gasteiger partial charge >= 0.3 is 0 Å². The summed E-state index contributed by atoms with van der Waals surface area (Å²) >= 11 is 0. The molecule has 0 saturated heterocycles. The maximum Gasteiger partial charge on any atom is 0.133 e. The number of carbonyl (C=O) groups is 1. The zero-order chi connectivity index (χ0) is 17.3. The molecule has 0 spiro atoms. The van der Waals surface area contributed by atoms with E-state index < -0.39 is 5.60 Å². The van der Waals surface area contributed by atoms with E-state index in [1.165, 1.54) is 32.1 Å².